The van der Waals surface area contributed by atoms with Gasteiger partial charge in [-0.25, -0.2) is 9.97 Å². The summed E-state index contributed by atoms with van der Waals surface area (Å²) in [6.07, 6.45) is 1.59. The lowest BCUT2D eigenvalue weighted by Crippen LogP contribution is -2.23. The van der Waals surface area contributed by atoms with Crippen molar-refractivity contribution in [2.45, 2.75) is 6.92 Å². The summed E-state index contributed by atoms with van der Waals surface area (Å²) in [5.74, 6) is -1.05. The minimum atomic E-state index is -0.471. The maximum atomic E-state index is 13.5. The minimum absolute atomic E-state index is 0.0150. The first-order chi connectivity index (χ1) is 17.3. The van der Waals surface area contributed by atoms with Gasteiger partial charge in [0.05, 0.1) is 22.5 Å². The second-order valence-corrected chi connectivity index (χ2v) is 7.85. The van der Waals surface area contributed by atoms with Gasteiger partial charge in [0, 0.05) is 24.2 Å². The molecule has 0 atom stereocenters. The molecule has 0 bridgehead atoms. The first kappa shape index (κ1) is 22.5. The third-order valence-corrected chi connectivity index (χ3v) is 5.45. The van der Waals surface area contributed by atoms with Crippen LogP contribution < -0.4 is 16.8 Å². The fraction of sp³-hybridized carbons (Fsp3) is 0.0400. The fourth-order valence-electron chi connectivity index (χ4n) is 3.91. The van der Waals surface area contributed by atoms with Crippen LogP contribution in [-0.4, -0.2) is 32.4 Å². The predicted molar refractivity (Wildman–Crippen MR) is 132 cm³/mol. The molecule has 0 unspecified atom stereocenters. The van der Waals surface area contributed by atoms with E-state index in [-0.39, 0.29) is 68.5 Å². The van der Waals surface area contributed by atoms with Crippen molar-refractivity contribution in [1.29, 1.82) is 0 Å². The number of nitrogen functional groups attached to an aromatic ring is 2. The van der Waals surface area contributed by atoms with Gasteiger partial charge in [0.2, 0.25) is 5.91 Å². The van der Waals surface area contributed by atoms with Gasteiger partial charge < -0.3 is 16.8 Å². The van der Waals surface area contributed by atoms with Gasteiger partial charge in [-0.3, -0.25) is 19.4 Å². The fourth-order valence-corrected chi connectivity index (χ4v) is 3.91. The molecule has 1 aliphatic rings. The Morgan fingerprint density at radius 1 is 0.833 bits per heavy atom. The van der Waals surface area contributed by atoms with Gasteiger partial charge in [-0.05, 0) is 24.3 Å². The number of anilines is 3. The Labute approximate surface area is 204 Å². The molecular weight excluding hydrogens is 460 g/mol. The molecule has 0 aliphatic heterocycles. The number of nitrogens with zero attached hydrogens (tertiary/aromatic N) is 5. The predicted octanol–water partition coefficient (Wildman–Crippen LogP) is 3.85. The normalized spacial score (nSPS) is 12.4. The van der Waals surface area contributed by atoms with E-state index in [4.69, 9.17) is 11.5 Å². The number of amides is 1. The van der Waals surface area contributed by atoms with E-state index in [0.717, 1.165) is 0 Å². The van der Waals surface area contributed by atoms with E-state index in [2.05, 4.69) is 30.5 Å². The van der Waals surface area contributed by atoms with E-state index < -0.39 is 5.78 Å². The molecule has 4 aromatic rings. The Morgan fingerprint density at radius 2 is 1.53 bits per heavy atom. The highest BCUT2D eigenvalue weighted by Gasteiger charge is 2.34. The monoisotopic (exact) mass is 478 g/mol. The van der Waals surface area contributed by atoms with Crippen LogP contribution in [0.3, 0.4) is 0 Å². The SMILES string of the molecule is CC(=O)Nc1cccc2c1C(=O)c1c(N=Nc3c(N)nc(-c4ccccn4)nc3N)cccc1C2=O. The van der Waals surface area contributed by atoms with E-state index in [0.29, 0.717) is 5.69 Å². The van der Waals surface area contributed by atoms with Crippen molar-refractivity contribution in [3.63, 3.8) is 0 Å². The molecule has 2 heterocycles. The number of hydrogen-bond donors (Lipinski definition) is 3. The Hall–Kier alpha value is -5.32. The summed E-state index contributed by atoms with van der Waals surface area (Å²) < 4.78 is 0. The average Bonchev–Trinajstić information content (AvgIpc) is 2.86. The Morgan fingerprint density at radius 3 is 2.19 bits per heavy atom. The van der Waals surface area contributed by atoms with Crippen LogP contribution in [-0.2, 0) is 4.79 Å². The van der Waals surface area contributed by atoms with E-state index >= 15 is 0 Å². The molecule has 36 heavy (non-hydrogen) atoms. The van der Waals surface area contributed by atoms with Crippen molar-refractivity contribution in [1.82, 2.24) is 15.0 Å². The third kappa shape index (κ3) is 3.84. The maximum absolute atomic E-state index is 13.5. The summed E-state index contributed by atoms with van der Waals surface area (Å²) in [7, 11) is 0. The van der Waals surface area contributed by atoms with Crippen LogP contribution in [0.5, 0.6) is 0 Å². The lowest BCUT2D eigenvalue weighted by molar-refractivity contribution is -0.114. The number of fused-ring (bicyclic) bond motifs is 2. The summed E-state index contributed by atoms with van der Waals surface area (Å²) in [6, 6.07) is 14.6. The lowest BCUT2D eigenvalue weighted by Gasteiger charge is -2.21. The number of nitrogens with two attached hydrogens (primary N) is 2. The second-order valence-electron chi connectivity index (χ2n) is 7.85. The number of nitrogens with one attached hydrogen (secondary N) is 1. The van der Waals surface area contributed by atoms with Crippen molar-refractivity contribution in [3.8, 4) is 11.5 Å². The molecule has 0 saturated carbocycles. The van der Waals surface area contributed by atoms with Crippen molar-refractivity contribution in [2.24, 2.45) is 10.2 Å². The molecule has 5 rings (SSSR count). The highest BCUT2D eigenvalue weighted by molar-refractivity contribution is 6.32. The van der Waals surface area contributed by atoms with Crippen molar-refractivity contribution in [3.05, 3.63) is 83.0 Å². The highest BCUT2D eigenvalue weighted by atomic mass is 16.2. The zero-order valence-corrected chi connectivity index (χ0v) is 18.9. The molecule has 0 saturated heterocycles. The average molecular weight is 478 g/mol. The Kier molecular flexibility index (Phi) is 5.49. The summed E-state index contributed by atoms with van der Waals surface area (Å²) in [5.41, 5.74) is 13.5. The van der Waals surface area contributed by atoms with Gasteiger partial charge in [-0.1, -0.05) is 30.3 Å². The molecule has 0 fully saturated rings. The van der Waals surface area contributed by atoms with Crippen LogP contribution in [0, 0.1) is 0 Å². The first-order valence-corrected chi connectivity index (χ1v) is 10.7. The van der Waals surface area contributed by atoms with Crippen LogP contribution in [0.25, 0.3) is 11.5 Å². The zero-order chi connectivity index (χ0) is 25.4. The largest absolute Gasteiger partial charge is 0.382 e. The number of ketones is 2. The van der Waals surface area contributed by atoms with Crippen LogP contribution in [0.1, 0.15) is 38.8 Å². The summed E-state index contributed by atoms with van der Waals surface area (Å²) in [6.45, 7) is 1.32. The molecular formula is C25H18N8O3. The van der Waals surface area contributed by atoms with Crippen molar-refractivity contribution in [2.75, 3.05) is 16.8 Å². The molecule has 2 aromatic carbocycles. The Bertz CT molecular complexity index is 1580. The molecule has 5 N–H and O–H groups in total. The molecule has 1 aliphatic carbocycles. The van der Waals surface area contributed by atoms with Gasteiger partial charge >= 0.3 is 0 Å². The van der Waals surface area contributed by atoms with Crippen LogP contribution in [0.4, 0.5) is 28.7 Å². The number of aromatic nitrogens is 3. The van der Waals surface area contributed by atoms with E-state index in [1.54, 1.807) is 48.7 Å². The molecule has 1 amide bonds. The van der Waals surface area contributed by atoms with Gasteiger partial charge in [0.1, 0.15) is 5.69 Å². The quantitative estimate of drug-likeness (QED) is 0.326. The van der Waals surface area contributed by atoms with Crippen molar-refractivity contribution < 1.29 is 14.4 Å². The number of benzene rings is 2. The van der Waals surface area contributed by atoms with Crippen molar-refractivity contribution >= 4 is 46.2 Å². The van der Waals surface area contributed by atoms with Gasteiger partial charge in [-0.2, -0.15) is 0 Å². The third-order valence-electron chi connectivity index (χ3n) is 5.45. The number of carbonyl (C=O) groups excluding carboxylic acids is 3. The number of pyridine rings is 1. The number of carbonyl (C=O) groups is 3. The smallest absolute Gasteiger partial charge is 0.221 e. The summed E-state index contributed by atoms with van der Waals surface area (Å²) in [4.78, 5) is 51.0. The minimum Gasteiger partial charge on any atom is -0.382 e. The van der Waals surface area contributed by atoms with E-state index in [1.807, 2.05) is 0 Å². The van der Waals surface area contributed by atoms with Gasteiger partial charge in [0.15, 0.2) is 34.7 Å². The molecule has 11 nitrogen and oxygen atoms in total. The molecule has 0 radical (unpaired) electrons. The van der Waals surface area contributed by atoms with Crippen LogP contribution in [0.15, 0.2) is 71.0 Å². The Balaban J connectivity index is 1.57. The molecule has 11 heteroatoms. The number of rotatable bonds is 4. The van der Waals surface area contributed by atoms with E-state index in [9.17, 15) is 14.4 Å². The number of azo groups is 1. The van der Waals surface area contributed by atoms with Gasteiger partial charge in [0.25, 0.3) is 0 Å². The number of hydrogen-bond acceptors (Lipinski definition) is 10. The van der Waals surface area contributed by atoms with E-state index in [1.165, 1.54) is 19.1 Å². The van der Waals surface area contributed by atoms with Crippen LogP contribution in [0.2, 0.25) is 0 Å². The molecule has 176 valence electrons. The molecule has 0 spiro atoms. The summed E-state index contributed by atoms with van der Waals surface area (Å²) >= 11 is 0. The highest BCUT2D eigenvalue weighted by Crippen LogP contribution is 2.38. The zero-order valence-electron chi connectivity index (χ0n) is 18.9. The maximum Gasteiger partial charge on any atom is 0.221 e. The summed E-state index contributed by atoms with van der Waals surface area (Å²) in [5, 5.41) is 10.9. The molecule has 2 aromatic heterocycles. The lowest BCUT2D eigenvalue weighted by atomic mass is 9.82. The van der Waals surface area contributed by atoms with Crippen LogP contribution >= 0.6 is 0 Å². The standard InChI is InChI=1S/C25H18N8O3/c1-12(34)29-15-9-4-6-13-18(15)22(36)19-14(21(13)35)7-5-10-16(19)32-33-20-23(26)30-25(31-24(20)27)17-8-2-3-11-28-17/h2-11H,1H3,(H,29,34)(H4,26,27,30,31). The first-order valence-electron chi connectivity index (χ1n) is 10.7. The topological polar surface area (TPSA) is 179 Å². The second kappa shape index (κ2) is 8.80. The van der Waals surface area contributed by atoms with Gasteiger partial charge in [-0.15, -0.1) is 10.2 Å².